The van der Waals surface area contributed by atoms with Gasteiger partial charge in [0.25, 0.3) is 0 Å². The highest BCUT2D eigenvalue weighted by atomic mass is 16.2. The number of carbonyl (C=O) groups is 2. The first-order valence-corrected chi connectivity index (χ1v) is 7.03. The molecule has 1 spiro atoms. The van der Waals surface area contributed by atoms with Gasteiger partial charge >= 0.3 is 0 Å². The Labute approximate surface area is 112 Å². The maximum Gasteiger partial charge on any atom is 0.235 e. The second kappa shape index (κ2) is 4.79. The molecule has 1 aromatic heterocycles. The summed E-state index contributed by atoms with van der Waals surface area (Å²) in [5.41, 5.74) is 0.605. The minimum absolute atomic E-state index is 0.00594. The lowest BCUT2D eigenvalue weighted by Gasteiger charge is -2.30. The van der Waals surface area contributed by atoms with Gasteiger partial charge in [0.05, 0.1) is 11.7 Å². The zero-order valence-electron chi connectivity index (χ0n) is 11.0. The van der Waals surface area contributed by atoms with Crippen molar-refractivity contribution in [3.63, 3.8) is 0 Å². The minimum Gasteiger partial charge on any atom is -0.348 e. The second-order valence-electron chi connectivity index (χ2n) is 5.70. The standard InChI is InChI=1S/C14H19N3O2/c18-12-8-14(5-2-1-3-6-14)13(19)17(12)7-4-11-9-15-10-16-11/h9-10H,1-8H2,(H,15,16). The predicted octanol–water partition coefficient (Wildman–Crippen LogP) is 1.66. The van der Waals surface area contributed by atoms with Crippen LogP contribution in [0.3, 0.4) is 0 Å². The average Bonchev–Trinajstić information content (AvgIpc) is 2.99. The van der Waals surface area contributed by atoms with Gasteiger partial charge in [0.1, 0.15) is 0 Å². The van der Waals surface area contributed by atoms with Crippen LogP contribution in [0.4, 0.5) is 0 Å². The number of hydrogen-bond donors (Lipinski definition) is 1. The average molecular weight is 261 g/mol. The summed E-state index contributed by atoms with van der Waals surface area (Å²) in [5, 5.41) is 0. The fraction of sp³-hybridized carbons (Fsp3) is 0.643. The molecule has 2 fully saturated rings. The quantitative estimate of drug-likeness (QED) is 0.841. The van der Waals surface area contributed by atoms with E-state index in [0.29, 0.717) is 19.4 Å². The Balaban J connectivity index is 1.68. The van der Waals surface area contributed by atoms with Crippen molar-refractivity contribution in [3.05, 3.63) is 18.2 Å². The fourth-order valence-corrected chi connectivity index (χ4v) is 3.36. The molecule has 19 heavy (non-hydrogen) atoms. The van der Waals surface area contributed by atoms with E-state index < -0.39 is 0 Å². The van der Waals surface area contributed by atoms with E-state index in [2.05, 4.69) is 9.97 Å². The monoisotopic (exact) mass is 261 g/mol. The summed E-state index contributed by atoms with van der Waals surface area (Å²) in [5.74, 6) is 0.0723. The summed E-state index contributed by atoms with van der Waals surface area (Å²) in [6.45, 7) is 0.474. The van der Waals surface area contributed by atoms with Crippen LogP contribution in [0.1, 0.15) is 44.2 Å². The SMILES string of the molecule is O=C1CC2(CCCCC2)C(=O)N1CCc1cnc[nH]1. The van der Waals surface area contributed by atoms with Crippen molar-refractivity contribution in [2.75, 3.05) is 6.54 Å². The number of carbonyl (C=O) groups excluding carboxylic acids is 2. The molecular formula is C14H19N3O2. The molecule has 1 N–H and O–H groups in total. The van der Waals surface area contributed by atoms with Crippen LogP contribution in [-0.4, -0.2) is 33.2 Å². The third kappa shape index (κ3) is 2.17. The molecule has 0 bridgehead atoms. The molecule has 1 aliphatic carbocycles. The van der Waals surface area contributed by atoms with Crippen LogP contribution in [-0.2, 0) is 16.0 Å². The number of rotatable bonds is 3. The number of nitrogens with one attached hydrogen (secondary N) is 1. The van der Waals surface area contributed by atoms with Crippen LogP contribution in [0.25, 0.3) is 0 Å². The Morgan fingerprint density at radius 3 is 2.74 bits per heavy atom. The van der Waals surface area contributed by atoms with Gasteiger partial charge < -0.3 is 4.98 Å². The third-order valence-electron chi connectivity index (χ3n) is 4.46. The van der Waals surface area contributed by atoms with Gasteiger partial charge in [0, 0.05) is 31.3 Å². The highest BCUT2D eigenvalue weighted by Crippen LogP contribution is 2.45. The highest BCUT2D eigenvalue weighted by molar-refractivity contribution is 6.05. The maximum absolute atomic E-state index is 12.5. The zero-order valence-corrected chi connectivity index (χ0v) is 11.0. The van der Waals surface area contributed by atoms with Crippen LogP contribution >= 0.6 is 0 Å². The van der Waals surface area contributed by atoms with E-state index in [1.807, 2.05) is 0 Å². The van der Waals surface area contributed by atoms with Crippen LogP contribution in [0.2, 0.25) is 0 Å². The topological polar surface area (TPSA) is 66.1 Å². The van der Waals surface area contributed by atoms with Crippen molar-refractivity contribution < 1.29 is 9.59 Å². The lowest BCUT2D eigenvalue weighted by atomic mass is 9.73. The molecule has 1 aliphatic heterocycles. The maximum atomic E-state index is 12.5. The molecule has 2 aliphatic rings. The first-order chi connectivity index (χ1) is 9.21. The normalized spacial score (nSPS) is 22.4. The number of aromatic nitrogens is 2. The molecule has 1 saturated heterocycles. The molecule has 1 aromatic rings. The summed E-state index contributed by atoms with van der Waals surface area (Å²) in [4.78, 5) is 33.0. The number of likely N-dealkylation sites (tertiary alicyclic amines) is 1. The zero-order chi connectivity index (χ0) is 13.3. The van der Waals surface area contributed by atoms with Crippen molar-refractivity contribution >= 4 is 11.8 Å². The third-order valence-corrected chi connectivity index (χ3v) is 4.46. The van der Waals surface area contributed by atoms with E-state index in [1.165, 1.54) is 11.3 Å². The van der Waals surface area contributed by atoms with Crippen molar-refractivity contribution in [1.29, 1.82) is 0 Å². The van der Waals surface area contributed by atoms with Gasteiger partial charge in [-0.1, -0.05) is 19.3 Å². The van der Waals surface area contributed by atoms with Crippen molar-refractivity contribution in [1.82, 2.24) is 14.9 Å². The van der Waals surface area contributed by atoms with E-state index in [9.17, 15) is 9.59 Å². The Bertz CT molecular complexity index is 475. The van der Waals surface area contributed by atoms with Crippen LogP contribution in [0.15, 0.2) is 12.5 Å². The van der Waals surface area contributed by atoms with Gasteiger partial charge in [-0.05, 0) is 12.8 Å². The van der Waals surface area contributed by atoms with Gasteiger partial charge in [-0.3, -0.25) is 14.5 Å². The molecule has 102 valence electrons. The molecule has 2 amide bonds. The molecule has 0 aromatic carbocycles. The molecule has 5 heteroatoms. The number of amides is 2. The molecule has 3 rings (SSSR count). The van der Waals surface area contributed by atoms with Gasteiger partial charge in [-0.15, -0.1) is 0 Å². The number of nitrogens with zero attached hydrogens (tertiary/aromatic N) is 2. The van der Waals surface area contributed by atoms with E-state index in [4.69, 9.17) is 0 Å². The molecule has 0 radical (unpaired) electrons. The molecular weight excluding hydrogens is 242 g/mol. The Morgan fingerprint density at radius 1 is 1.26 bits per heavy atom. The van der Waals surface area contributed by atoms with Gasteiger partial charge in [0.15, 0.2) is 0 Å². The number of imidazole rings is 1. The van der Waals surface area contributed by atoms with Gasteiger partial charge in [-0.25, -0.2) is 4.98 Å². The summed E-state index contributed by atoms with van der Waals surface area (Å²) in [6.07, 6.45) is 9.56. The molecule has 5 nitrogen and oxygen atoms in total. The Morgan fingerprint density at radius 2 is 2.05 bits per heavy atom. The van der Waals surface area contributed by atoms with Crippen molar-refractivity contribution in [3.8, 4) is 0 Å². The summed E-state index contributed by atoms with van der Waals surface area (Å²) in [6, 6.07) is 0. The van der Waals surface area contributed by atoms with Gasteiger partial charge in [-0.2, -0.15) is 0 Å². The molecule has 2 heterocycles. The van der Waals surface area contributed by atoms with E-state index >= 15 is 0 Å². The lowest BCUT2D eigenvalue weighted by Crippen LogP contribution is -2.38. The predicted molar refractivity (Wildman–Crippen MR) is 69.1 cm³/mol. The number of H-pyrrole nitrogens is 1. The van der Waals surface area contributed by atoms with E-state index in [-0.39, 0.29) is 17.2 Å². The largest absolute Gasteiger partial charge is 0.348 e. The summed E-state index contributed by atoms with van der Waals surface area (Å²) < 4.78 is 0. The lowest BCUT2D eigenvalue weighted by molar-refractivity contribution is -0.142. The molecule has 1 saturated carbocycles. The van der Waals surface area contributed by atoms with Crippen LogP contribution in [0, 0.1) is 5.41 Å². The fourth-order valence-electron chi connectivity index (χ4n) is 3.36. The summed E-state index contributed by atoms with van der Waals surface area (Å²) >= 11 is 0. The first-order valence-electron chi connectivity index (χ1n) is 7.03. The van der Waals surface area contributed by atoms with Crippen molar-refractivity contribution in [2.24, 2.45) is 5.41 Å². The number of imide groups is 1. The highest BCUT2D eigenvalue weighted by Gasteiger charge is 2.51. The van der Waals surface area contributed by atoms with Crippen LogP contribution in [0.5, 0.6) is 0 Å². The summed E-state index contributed by atoms with van der Waals surface area (Å²) in [7, 11) is 0. The smallest absolute Gasteiger partial charge is 0.235 e. The van der Waals surface area contributed by atoms with Gasteiger partial charge in [0.2, 0.25) is 11.8 Å². The van der Waals surface area contributed by atoms with E-state index in [0.717, 1.165) is 31.4 Å². The first kappa shape index (κ1) is 12.4. The second-order valence-corrected chi connectivity index (χ2v) is 5.70. The minimum atomic E-state index is -0.358. The van der Waals surface area contributed by atoms with E-state index in [1.54, 1.807) is 12.5 Å². The number of aromatic amines is 1. The Kier molecular flexibility index (Phi) is 3.12. The van der Waals surface area contributed by atoms with Crippen LogP contribution < -0.4 is 0 Å². The molecule has 0 atom stereocenters. The molecule has 0 unspecified atom stereocenters. The van der Waals surface area contributed by atoms with Crippen molar-refractivity contribution in [2.45, 2.75) is 44.9 Å². The Hall–Kier alpha value is -1.65. The number of hydrogen-bond acceptors (Lipinski definition) is 3.